The summed E-state index contributed by atoms with van der Waals surface area (Å²) in [5, 5.41) is 0.544. The summed E-state index contributed by atoms with van der Waals surface area (Å²) in [5.41, 5.74) is 1.13. The van der Waals surface area contributed by atoms with Crippen LogP contribution in [0.15, 0.2) is 66.1 Å². The van der Waals surface area contributed by atoms with Crippen LogP contribution in [-0.2, 0) is 4.79 Å². The summed E-state index contributed by atoms with van der Waals surface area (Å²) in [5.74, 6) is -0.264. The van der Waals surface area contributed by atoms with E-state index in [-0.39, 0.29) is 5.91 Å². The van der Waals surface area contributed by atoms with E-state index in [1.54, 1.807) is 54.6 Å². The molecule has 1 aliphatic rings. The van der Waals surface area contributed by atoms with Crippen LogP contribution in [0, 0.1) is 0 Å². The highest BCUT2D eigenvalue weighted by Crippen LogP contribution is 2.32. The molecule has 7 heteroatoms. The standard InChI is InChI=1S/C20H14ClNO3S2/c1-2-10-22-18(23)17(27-20(22)26)12-13-4-3-5-16(11-13)25-19(24)14-6-8-15(21)9-7-14/h2-9,11-12H,1,10H2. The van der Waals surface area contributed by atoms with Gasteiger partial charge in [-0.15, -0.1) is 6.58 Å². The van der Waals surface area contributed by atoms with Crippen LogP contribution in [0.1, 0.15) is 15.9 Å². The van der Waals surface area contributed by atoms with Crippen LogP contribution >= 0.6 is 35.6 Å². The highest BCUT2D eigenvalue weighted by molar-refractivity contribution is 8.26. The Balaban J connectivity index is 1.77. The van der Waals surface area contributed by atoms with E-state index in [2.05, 4.69) is 6.58 Å². The van der Waals surface area contributed by atoms with Crippen LogP contribution in [-0.4, -0.2) is 27.6 Å². The Labute approximate surface area is 171 Å². The first kappa shape index (κ1) is 19.4. The molecule has 1 fully saturated rings. The fourth-order valence-electron chi connectivity index (χ4n) is 2.36. The van der Waals surface area contributed by atoms with Crippen molar-refractivity contribution in [3.05, 3.63) is 82.2 Å². The summed E-state index contributed by atoms with van der Waals surface area (Å²) in [6.45, 7) is 4.01. The molecule has 0 aliphatic carbocycles. The Morgan fingerprint density at radius 2 is 2.00 bits per heavy atom. The SMILES string of the molecule is C=CCN1C(=O)C(=Cc2cccc(OC(=O)c3ccc(Cl)cc3)c2)SC1=S. The van der Waals surface area contributed by atoms with Gasteiger partial charge in [0.1, 0.15) is 10.1 Å². The molecular weight excluding hydrogens is 402 g/mol. The lowest BCUT2D eigenvalue weighted by molar-refractivity contribution is -0.121. The zero-order chi connectivity index (χ0) is 19.4. The predicted molar refractivity (Wildman–Crippen MR) is 113 cm³/mol. The third-order valence-electron chi connectivity index (χ3n) is 3.63. The molecule has 4 nitrogen and oxygen atoms in total. The summed E-state index contributed by atoms with van der Waals surface area (Å²) in [6.07, 6.45) is 3.35. The number of carbonyl (C=O) groups is 2. The van der Waals surface area contributed by atoms with Crippen molar-refractivity contribution in [2.45, 2.75) is 0 Å². The highest BCUT2D eigenvalue weighted by Gasteiger charge is 2.30. The van der Waals surface area contributed by atoms with Gasteiger partial charge in [0.15, 0.2) is 0 Å². The minimum absolute atomic E-state index is 0.159. The van der Waals surface area contributed by atoms with Crippen LogP contribution in [0.3, 0.4) is 0 Å². The van der Waals surface area contributed by atoms with E-state index in [1.807, 2.05) is 6.07 Å². The normalized spacial score (nSPS) is 15.3. The molecule has 1 heterocycles. The van der Waals surface area contributed by atoms with Gasteiger partial charge in [0.25, 0.3) is 5.91 Å². The van der Waals surface area contributed by atoms with Gasteiger partial charge >= 0.3 is 5.97 Å². The van der Waals surface area contributed by atoms with Gasteiger partial charge in [-0.3, -0.25) is 9.69 Å². The predicted octanol–water partition coefficient (Wildman–Crippen LogP) is 4.95. The van der Waals surface area contributed by atoms with Crippen LogP contribution in [0.2, 0.25) is 5.02 Å². The van der Waals surface area contributed by atoms with Crippen molar-refractivity contribution in [1.29, 1.82) is 0 Å². The minimum Gasteiger partial charge on any atom is -0.423 e. The third kappa shape index (κ3) is 4.66. The first-order chi connectivity index (χ1) is 13.0. The average molecular weight is 416 g/mol. The second-order valence-electron chi connectivity index (χ2n) is 5.55. The number of thioether (sulfide) groups is 1. The fourth-order valence-corrected chi connectivity index (χ4v) is 3.76. The molecule has 2 aromatic rings. The number of thiocarbonyl (C=S) groups is 1. The summed E-state index contributed by atoms with van der Waals surface area (Å²) in [7, 11) is 0. The topological polar surface area (TPSA) is 46.6 Å². The number of amides is 1. The van der Waals surface area contributed by atoms with E-state index >= 15 is 0 Å². The number of hydrogen-bond donors (Lipinski definition) is 0. The Morgan fingerprint density at radius 3 is 2.70 bits per heavy atom. The van der Waals surface area contributed by atoms with Crippen molar-refractivity contribution in [3.8, 4) is 5.75 Å². The molecule has 1 amide bonds. The number of hydrogen-bond acceptors (Lipinski definition) is 5. The van der Waals surface area contributed by atoms with Gasteiger partial charge in [0.05, 0.1) is 10.5 Å². The molecule has 3 rings (SSSR count). The molecule has 1 saturated heterocycles. The van der Waals surface area contributed by atoms with Crippen molar-refractivity contribution < 1.29 is 14.3 Å². The summed E-state index contributed by atoms with van der Waals surface area (Å²) in [4.78, 5) is 26.6. The lowest BCUT2D eigenvalue weighted by atomic mass is 10.2. The first-order valence-corrected chi connectivity index (χ1v) is 9.52. The summed E-state index contributed by atoms with van der Waals surface area (Å²) in [6, 6.07) is 13.4. The highest BCUT2D eigenvalue weighted by atomic mass is 35.5. The molecule has 0 saturated carbocycles. The lowest BCUT2D eigenvalue weighted by Crippen LogP contribution is -2.27. The van der Waals surface area contributed by atoms with Crippen LogP contribution < -0.4 is 4.74 Å². The maximum atomic E-state index is 12.4. The summed E-state index contributed by atoms with van der Waals surface area (Å²) < 4.78 is 5.90. The second-order valence-corrected chi connectivity index (χ2v) is 7.66. The molecule has 0 N–H and O–H groups in total. The van der Waals surface area contributed by atoms with Gasteiger partial charge in [-0.05, 0) is 48.0 Å². The molecule has 27 heavy (non-hydrogen) atoms. The van der Waals surface area contributed by atoms with E-state index in [9.17, 15) is 9.59 Å². The van der Waals surface area contributed by atoms with Gasteiger partial charge in [-0.2, -0.15) is 0 Å². The van der Waals surface area contributed by atoms with Gasteiger partial charge in [0.2, 0.25) is 0 Å². The van der Waals surface area contributed by atoms with Crippen molar-refractivity contribution in [3.63, 3.8) is 0 Å². The minimum atomic E-state index is -0.485. The van der Waals surface area contributed by atoms with Crippen molar-refractivity contribution >= 4 is 57.9 Å². The number of nitrogens with zero attached hydrogens (tertiary/aromatic N) is 1. The number of halogens is 1. The molecule has 0 unspecified atom stereocenters. The third-order valence-corrected chi connectivity index (χ3v) is 5.26. The molecule has 2 aromatic carbocycles. The molecule has 0 bridgehead atoms. The van der Waals surface area contributed by atoms with E-state index in [0.717, 1.165) is 5.56 Å². The maximum Gasteiger partial charge on any atom is 0.343 e. The van der Waals surface area contributed by atoms with Crippen molar-refractivity contribution in [2.24, 2.45) is 0 Å². The van der Waals surface area contributed by atoms with E-state index in [1.165, 1.54) is 16.7 Å². The van der Waals surface area contributed by atoms with Gasteiger partial charge in [-0.1, -0.05) is 53.8 Å². The molecule has 0 atom stereocenters. The smallest absolute Gasteiger partial charge is 0.343 e. The quantitative estimate of drug-likeness (QED) is 0.227. The molecule has 1 aliphatic heterocycles. The second kappa shape index (κ2) is 8.52. The number of esters is 1. The summed E-state index contributed by atoms with van der Waals surface area (Å²) >= 11 is 12.3. The lowest BCUT2D eigenvalue weighted by Gasteiger charge is -2.10. The molecule has 0 aromatic heterocycles. The molecule has 0 radical (unpaired) electrons. The number of ether oxygens (including phenoxy) is 1. The van der Waals surface area contributed by atoms with Crippen LogP contribution in [0.4, 0.5) is 0 Å². The molecular formula is C20H14ClNO3S2. The van der Waals surface area contributed by atoms with E-state index < -0.39 is 5.97 Å². The van der Waals surface area contributed by atoms with Crippen LogP contribution in [0.25, 0.3) is 6.08 Å². The van der Waals surface area contributed by atoms with E-state index in [4.69, 9.17) is 28.6 Å². The largest absolute Gasteiger partial charge is 0.423 e. The molecule has 0 spiro atoms. The first-order valence-electron chi connectivity index (χ1n) is 7.92. The maximum absolute atomic E-state index is 12.4. The zero-order valence-corrected chi connectivity index (χ0v) is 16.4. The monoisotopic (exact) mass is 415 g/mol. The number of carbonyl (C=O) groups excluding carboxylic acids is 2. The van der Waals surface area contributed by atoms with Gasteiger partial charge < -0.3 is 4.74 Å². The van der Waals surface area contributed by atoms with Crippen molar-refractivity contribution in [1.82, 2.24) is 4.90 Å². The Morgan fingerprint density at radius 1 is 1.26 bits per heavy atom. The Kier molecular flexibility index (Phi) is 6.11. The van der Waals surface area contributed by atoms with E-state index in [0.29, 0.717) is 32.1 Å². The Hall–Kier alpha value is -2.41. The zero-order valence-electron chi connectivity index (χ0n) is 14.1. The Bertz CT molecular complexity index is 954. The average Bonchev–Trinajstić information content (AvgIpc) is 2.90. The van der Waals surface area contributed by atoms with Gasteiger partial charge in [0, 0.05) is 11.6 Å². The number of benzene rings is 2. The van der Waals surface area contributed by atoms with Crippen LogP contribution in [0.5, 0.6) is 5.75 Å². The fraction of sp³-hybridized carbons (Fsp3) is 0.0500. The van der Waals surface area contributed by atoms with Crippen molar-refractivity contribution in [2.75, 3.05) is 6.54 Å². The molecule has 136 valence electrons. The van der Waals surface area contributed by atoms with Gasteiger partial charge in [-0.25, -0.2) is 4.79 Å². The number of rotatable bonds is 5.